The number of amides is 2. The van der Waals surface area contributed by atoms with Crippen molar-refractivity contribution in [3.8, 4) is 11.7 Å². The Balaban J connectivity index is 1.36. The predicted molar refractivity (Wildman–Crippen MR) is 143 cm³/mol. The Morgan fingerprint density at radius 3 is 2.53 bits per heavy atom. The fraction of sp³-hybridized carbons (Fsp3) is 0.208. The van der Waals surface area contributed by atoms with Gasteiger partial charge in [0.2, 0.25) is 0 Å². The summed E-state index contributed by atoms with van der Waals surface area (Å²) in [6.07, 6.45) is 4.72. The lowest BCUT2D eigenvalue weighted by Crippen LogP contribution is -2.32. The van der Waals surface area contributed by atoms with Gasteiger partial charge in [-0.25, -0.2) is 28.2 Å². The van der Waals surface area contributed by atoms with E-state index in [0.29, 0.717) is 11.8 Å². The van der Waals surface area contributed by atoms with Gasteiger partial charge in [0.25, 0.3) is 5.95 Å². The molecule has 2 N–H and O–H groups in total. The predicted octanol–water partition coefficient (Wildman–Crippen LogP) is 4.49. The molecule has 11 nitrogen and oxygen atoms in total. The maximum absolute atomic E-state index is 12.7. The zero-order chi connectivity index (χ0) is 27.1. The molecule has 2 heterocycles. The molecule has 2 aromatic heterocycles. The SMILES string of the molecule is C[C@H](NC(=O)Nc1cc(OCCCS(=O)(=O)c2ccccc2)c(Cl)cc1Cl)c1ncnn1-c1ncccn1. The molecular formula is C24H23Cl2N7O4S. The number of nitrogens with zero attached hydrogens (tertiary/aromatic N) is 5. The van der Waals surface area contributed by atoms with E-state index in [4.69, 9.17) is 27.9 Å². The molecule has 0 saturated carbocycles. The normalized spacial score (nSPS) is 12.1. The second kappa shape index (κ2) is 12.2. The third-order valence-electron chi connectivity index (χ3n) is 5.24. The molecule has 0 saturated heterocycles. The highest BCUT2D eigenvalue weighted by atomic mass is 35.5. The highest BCUT2D eigenvalue weighted by Crippen LogP contribution is 2.34. The van der Waals surface area contributed by atoms with Crippen LogP contribution in [0.5, 0.6) is 5.75 Å². The number of urea groups is 1. The van der Waals surface area contributed by atoms with E-state index in [1.807, 2.05) is 0 Å². The first-order valence-electron chi connectivity index (χ1n) is 11.4. The molecule has 0 aliphatic carbocycles. The highest BCUT2D eigenvalue weighted by Gasteiger charge is 2.19. The van der Waals surface area contributed by atoms with Gasteiger partial charge in [-0.05, 0) is 37.6 Å². The Morgan fingerprint density at radius 1 is 1.05 bits per heavy atom. The molecule has 4 aromatic rings. The number of nitrogens with one attached hydrogen (secondary N) is 2. The minimum absolute atomic E-state index is 0.0906. The van der Waals surface area contributed by atoms with Crippen LogP contribution in [0.25, 0.3) is 5.95 Å². The molecule has 198 valence electrons. The van der Waals surface area contributed by atoms with Crippen molar-refractivity contribution in [1.29, 1.82) is 0 Å². The van der Waals surface area contributed by atoms with Crippen molar-refractivity contribution in [3.63, 3.8) is 0 Å². The first-order chi connectivity index (χ1) is 18.2. The second-order valence-electron chi connectivity index (χ2n) is 8.00. The average Bonchev–Trinajstić information content (AvgIpc) is 3.40. The monoisotopic (exact) mass is 575 g/mol. The van der Waals surface area contributed by atoms with Gasteiger partial charge in [-0.3, -0.25) is 0 Å². The van der Waals surface area contributed by atoms with E-state index in [1.165, 1.54) is 23.1 Å². The summed E-state index contributed by atoms with van der Waals surface area (Å²) in [5.74, 6) is 0.889. The van der Waals surface area contributed by atoms with Crippen molar-refractivity contribution in [3.05, 3.63) is 83.1 Å². The number of benzene rings is 2. The Labute approximate surface area is 229 Å². The summed E-state index contributed by atoms with van der Waals surface area (Å²) >= 11 is 12.5. The molecular weight excluding hydrogens is 553 g/mol. The molecule has 14 heteroatoms. The Morgan fingerprint density at radius 2 is 1.79 bits per heavy atom. The van der Waals surface area contributed by atoms with Crippen LogP contribution in [-0.2, 0) is 9.84 Å². The third kappa shape index (κ3) is 6.77. The van der Waals surface area contributed by atoms with Crippen molar-refractivity contribution in [2.24, 2.45) is 0 Å². The van der Waals surface area contributed by atoms with E-state index in [1.54, 1.807) is 55.7 Å². The number of halogens is 2. The van der Waals surface area contributed by atoms with Crippen LogP contribution >= 0.6 is 23.2 Å². The van der Waals surface area contributed by atoms with E-state index in [9.17, 15) is 13.2 Å². The smallest absolute Gasteiger partial charge is 0.319 e. The number of ether oxygens (including phenoxy) is 1. The van der Waals surface area contributed by atoms with Crippen LogP contribution in [-0.4, -0.2) is 51.5 Å². The van der Waals surface area contributed by atoms with Gasteiger partial charge in [0.15, 0.2) is 15.7 Å². The lowest BCUT2D eigenvalue weighted by molar-refractivity contribution is 0.248. The van der Waals surface area contributed by atoms with Gasteiger partial charge in [0, 0.05) is 18.5 Å². The van der Waals surface area contributed by atoms with Crippen molar-refractivity contribution in [2.45, 2.75) is 24.3 Å². The quantitative estimate of drug-likeness (QED) is 0.263. The van der Waals surface area contributed by atoms with Gasteiger partial charge in [0.1, 0.15) is 12.1 Å². The largest absolute Gasteiger partial charge is 0.492 e. The molecule has 0 bridgehead atoms. The molecule has 4 rings (SSSR count). The maximum Gasteiger partial charge on any atom is 0.319 e. The zero-order valence-corrected chi connectivity index (χ0v) is 22.4. The van der Waals surface area contributed by atoms with Gasteiger partial charge < -0.3 is 15.4 Å². The first-order valence-corrected chi connectivity index (χ1v) is 13.8. The van der Waals surface area contributed by atoms with E-state index in [-0.39, 0.29) is 45.2 Å². The van der Waals surface area contributed by atoms with Crippen LogP contribution in [0.15, 0.2) is 72.1 Å². The van der Waals surface area contributed by atoms with E-state index in [2.05, 4.69) is 30.7 Å². The van der Waals surface area contributed by atoms with Crippen molar-refractivity contribution in [2.75, 3.05) is 17.7 Å². The number of hydrogen-bond donors (Lipinski definition) is 2. The lowest BCUT2D eigenvalue weighted by atomic mass is 10.3. The first kappa shape index (κ1) is 27.3. The zero-order valence-electron chi connectivity index (χ0n) is 20.1. The van der Waals surface area contributed by atoms with Crippen LogP contribution in [0, 0.1) is 0 Å². The third-order valence-corrected chi connectivity index (χ3v) is 7.66. The van der Waals surface area contributed by atoms with Crippen LogP contribution in [0.3, 0.4) is 0 Å². The van der Waals surface area contributed by atoms with E-state index >= 15 is 0 Å². The number of carbonyl (C=O) groups excluding carboxylic acids is 1. The summed E-state index contributed by atoms with van der Waals surface area (Å²) in [5, 5.41) is 9.95. The number of carbonyl (C=O) groups is 1. The van der Waals surface area contributed by atoms with Gasteiger partial charge in [-0.1, -0.05) is 41.4 Å². The van der Waals surface area contributed by atoms with E-state index < -0.39 is 21.9 Å². The minimum atomic E-state index is -3.43. The summed E-state index contributed by atoms with van der Waals surface area (Å²) < 4.78 is 32.0. The summed E-state index contributed by atoms with van der Waals surface area (Å²) in [6, 6.07) is 11.7. The number of aromatic nitrogens is 5. The van der Waals surface area contributed by atoms with Gasteiger partial charge in [-0.15, -0.1) is 0 Å². The summed E-state index contributed by atoms with van der Waals surface area (Å²) in [6.45, 7) is 1.82. The number of anilines is 1. The fourth-order valence-corrected chi connectivity index (χ4v) is 5.22. The molecule has 0 aliphatic rings. The highest BCUT2D eigenvalue weighted by molar-refractivity contribution is 7.91. The number of hydrogen-bond acceptors (Lipinski definition) is 8. The van der Waals surface area contributed by atoms with Gasteiger partial charge in [-0.2, -0.15) is 9.78 Å². The molecule has 38 heavy (non-hydrogen) atoms. The lowest BCUT2D eigenvalue weighted by Gasteiger charge is -2.16. The fourth-order valence-electron chi connectivity index (χ4n) is 3.43. The Bertz CT molecular complexity index is 1500. The molecule has 0 fully saturated rings. The summed E-state index contributed by atoms with van der Waals surface area (Å²) in [5.41, 5.74) is 0.250. The van der Waals surface area contributed by atoms with Crippen LogP contribution in [0.1, 0.15) is 25.2 Å². The van der Waals surface area contributed by atoms with Crippen molar-refractivity contribution in [1.82, 2.24) is 30.0 Å². The topological polar surface area (TPSA) is 141 Å². The van der Waals surface area contributed by atoms with Crippen LogP contribution < -0.4 is 15.4 Å². The maximum atomic E-state index is 12.7. The molecule has 1 atom stereocenters. The molecule has 0 aliphatic heterocycles. The Hall–Kier alpha value is -3.74. The number of rotatable bonds is 10. The molecule has 2 aromatic carbocycles. The standard InChI is InChI=1S/C24H23Cl2N7O4S/c1-16(22-29-15-30-33(22)23-27-9-5-10-28-23)31-24(34)32-20-14-21(19(26)13-18(20)25)37-11-6-12-38(35,36)17-7-3-2-4-8-17/h2-5,7-10,13-16H,6,11-12H2,1H3,(H2,31,32,34)/t16-/m0/s1. The second-order valence-corrected chi connectivity index (χ2v) is 10.9. The Kier molecular flexibility index (Phi) is 8.77. The van der Waals surface area contributed by atoms with Crippen LogP contribution in [0.4, 0.5) is 10.5 Å². The van der Waals surface area contributed by atoms with Crippen molar-refractivity contribution < 1.29 is 17.9 Å². The van der Waals surface area contributed by atoms with E-state index in [0.717, 1.165) is 0 Å². The molecule has 0 spiro atoms. The molecule has 0 unspecified atom stereocenters. The summed E-state index contributed by atoms with van der Waals surface area (Å²) in [4.78, 5) is 25.4. The number of sulfone groups is 1. The van der Waals surface area contributed by atoms with Crippen LogP contribution in [0.2, 0.25) is 10.0 Å². The van der Waals surface area contributed by atoms with Gasteiger partial charge >= 0.3 is 6.03 Å². The minimum Gasteiger partial charge on any atom is -0.492 e. The average molecular weight is 576 g/mol. The summed E-state index contributed by atoms with van der Waals surface area (Å²) in [7, 11) is -3.43. The van der Waals surface area contributed by atoms with Gasteiger partial charge in [0.05, 0.1) is 39.0 Å². The van der Waals surface area contributed by atoms with Crippen molar-refractivity contribution >= 4 is 44.8 Å². The molecule has 0 radical (unpaired) electrons. The molecule has 2 amide bonds.